The number of nitrogens with zero attached hydrogens (tertiary/aromatic N) is 5. The molecule has 1 fully saturated rings. The second-order valence-corrected chi connectivity index (χ2v) is 8.44. The smallest absolute Gasteiger partial charge is 0.342 e. The number of benzene rings is 1. The van der Waals surface area contributed by atoms with Crippen molar-refractivity contribution in [2.45, 2.75) is 38.0 Å². The second kappa shape index (κ2) is 9.05. The third kappa shape index (κ3) is 5.04. The Morgan fingerprint density at radius 1 is 1.18 bits per heavy atom. The molecule has 1 N–H and O–H groups in total. The van der Waals surface area contributed by atoms with Gasteiger partial charge in [0.05, 0.1) is 17.2 Å². The van der Waals surface area contributed by atoms with Gasteiger partial charge in [-0.15, -0.1) is 0 Å². The SMILES string of the molecule is C[C@H](NC(=O)c1cc(Cl)cc(C(F)(F)F)c1)c1ncnn1-c1ccc(C(=O)N(C)C2CC2)cn1. The van der Waals surface area contributed by atoms with E-state index in [0.717, 1.165) is 31.0 Å². The largest absolute Gasteiger partial charge is 0.416 e. The van der Waals surface area contributed by atoms with Crippen LogP contribution in [0.25, 0.3) is 5.82 Å². The Labute approximate surface area is 197 Å². The van der Waals surface area contributed by atoms with Crippen molar-refractivity contribution in [2.24, 2.45) is 0 Å². The molecule has 3 aromatic rings. The van der Waals surface area contributed by atoms with Crippen molar-refractivity contribution >= 4 is 23.4 Å². The van der Waals surface area contributed by atoms with Crippen molar-refractivity contribution < 1.29 is 22.8 Å². The molecule has 0 aliphatic heterocycles. The van der Waals surface area contributed by atoms with Gasteiger partial charge in [-0.05, 0) is 50.1 Å². The number of carbonyl (C=O) groups excluding carboxylic acids is 2. The van der Waals surface area contributed by atoms with Crippen LogP contribution >= 0.6 is 11.6 Å². The van der Waals surface area contributed by atoms with Gasteiger partial charge in [0.2, 0.25) is 0 Å². The fraction of sp³-hybridized carbons (Fsp3) is 0.318. The molecule has 0 bridgehead atoms. The number of halogens is 4. The third-order valence-corrected chi connectivity index (χ3v) is 5.64. The molecule has 1 saturated carbocycles. The molecule has 0 unspecified atom stereocenters. The molecule has 0 saturated heterocycles. The highest BCUT2D eigenvalue weighted by atomic mass is 35.5. The average Bonchev–Trinajstić information content (AvgIpc) is 3.53. The molecule has 12 heteroatoms. The molecule has 1 aliphatic carbocycles. The van der Waals surface area contributed by atoms with Gasteiger partial charge in [-0.1, -0.05) is 11.6 Å². The Balaban J connectivity index is 1.51. The van der Waals surface area contributed by atoms with Crippen LogP contribution in [0.4, 0.5) is 13.2 Å². The minimum absolute atomic E-state index is 0.124. The summed E-state index contributed by atoms with van der Waals surface area (Å²) in [7, 11) is 1.76. The van der Waals surface area contributed by atoms with Crippen molar-refractivity contribution in [1.29, 1.82) is 0 Å². The molecule has 178 valence electrons. The zero-order valence-electron chi connectivity index (χ0n) is 18.2. The predicted octanol–water partition coefficient (Wildman–Crippen LogP) is 4.06. The Kier molecular flexibility index (Phi) is 6.30. The van der Waals surface area contributed by atoms with E-state index in [1.54, 1.807) is 31.0 Å². The first-order valence-corrected chi connectivity index (χ1v) is 10.7. The number of amides is 2. The summed E-state index contributed by atoms with van der Waals surface area (Å²) in [6.45, 7) is 1.61. The maximum atomic E-state index is 13.1. The van der Waals surface area contributed by atoms with Crippen LogP contribution in [0.15, 0.2) is 42.9 Å². The summed E-state index contributed by atoms with van der Waals surface area (Å²) in [6.07, 6.45) is 0.0494. The van der Waals surface area contributed by atoms with E-state index in [0.29, 0.717) is 17.2 Å². The van der Waals surface area contributed by atoms with Gasteiger partial charge in [-0.2, -0.15) is 23.0 Å². The number of pyridine rings is 1. The van der Waals surface area contributed by atoms with E-state index in [1.807, 2.05) is 0 Å². The van der Waals surface area contributed by atoms with Crippen LogP contribution in [0, 0.1) is 0 Å². The van der Waals surface area contributed by atoms with Gasteiger partial charge in [-0.25, -0.2) is 9.97 Å². The van der Waals surface area contributed by atoms with E-state index in [1.165, 1.54) is 17.2 Å². The summed E-state index contributed by atoms with van der Waals surface area (Å²) in [6, 6.07) is 5.41. The second-order valence-electron chi connectivity index (χ2n) is 8.00. The van der Waals surface area contributed by atoms with Crippen LogP contribution in [0.5, 0.6) is 0 Å². The first-order chi connectivity index (χ1) is 16.0. The Bertz CT molecular complexity index is 1220. The third-order valence-electron chi connectivity index (χ3n) is 5.42. The van der Waals surface area contributed by atoms with Crippen LogP contribution in [0.2, 0.25) is 5.02 Å². The minimum atomic E-state index is -4.64. The highest BCUT2D eigenvalue weighted by Crippen LogP contribution is 2.32. The quantitative estimate of drug-likeness (QED) is 0.560. The summed E-state index contributed by atoms with van der Waals surface area (Å²) in [5.41, 5.74) is -0.826. The number of nitrogens with one attached hydrogen (secondary N) is 1. The van der Waals surface area contributed by atoms with Crippen molar-refractivity contribution in [2.75, 3.05) is 7.05 Å². The molecule has 8 nitrogen and oxygen atoms in total. The fourth-order valence-corrected chi connectivity index (χ4v) is 3.66. The molecule has 2 aromatic heterocycles. The molecule has 2 amide bonds. The maximum absolute atomic E-state index is 13.1. The molecular weight excluding hydrogens is 473 g/mol. The van der Waals surface area contributed by atoms with Crippen molar-refractivity contribution in [1.82, 2.24) is 30.0 Å². The van der Waals surface area contributed by atoms with Crippen LogP contribution in [0.1, 0.15) is 57.9 Å². The highest BCUT2D eigenvalue weighted by molar-refractivity contribution is 6.31. The first kappa shape index (κ1) is 23.7. The van der Waals surface area contributed by atoms with Crippen molar-refractivity contribution in [3.8, 4) is 5.82 Å². The Hall–Kier alpha value is -3.47. The molecule has 4 rings (SSSR count). The van der Waals surface area contributed by atoms with Gasteiger partial charge < -0.3 is 10.2 Å². The molecule has 0 spiro atoms. The molecule has 1 aromatic carbocycles. The molecule has 1 aliphatic rings. The number of hydrogen-bond donors (Lipinski definition) is 1. The number of aromatic nitrogens is 4. The van der Waals surface area contributed by atoms with Crippen LogP contribution < -0.4 is 5.32 Å². The van der Waals surface area contributed by atoms with Crippen molar-refractivity contribution in [3.63, 3.8) is 0 Å². The molecule has 2 heterocycles. The number of carbonyl (C=O) groups is 2. The number of rotatable bonds is 6. The van der Waals surface area contributed by atoms with E-state index in [2.05, 4.69) is 20.4 Å². The maximum Gasteiger partial charge on any atom is 0.416 e. The molecule has 34 heavy (non-hydrogen) atoms. The summed E-state index contributed by atoms with van der Waals surface area (Å²) in [5, 5.41) is 6.52. The Morgan fingerprint density at radius 3 is 2.53 bits per heavy atom. The summed E-state index contributed by atoms with van der Waals surface area (Å²) in [4.78, 5) is 35.2. The standard InChI is InChI=1S/C22H20ClF3N6O2/c1-12(30-20(33)14-7-15(22(24,25)26)9-16(23)8-14)19-28-11-29-32(19)18-6-3-13(10-27-18)21(34)31(2)17-4-5-17/h3,6-12,17H,4-5H2,1-2H3,(H,30,33)/t12-/m0/s1. The summed E-state index contributed by atoms with van der Waals surface area (Å²) < 4.78 is 40.6. The monoisotopic (exact) mass is 492 g/mol. The lowest BCUT2D eigenvalue weighted by Crippen LogP contribution is -2.29. The van der Waals surface area contributed by atoms with Crippen molar-refractivity contribution in [3.05, 3.63) is 70.4 Å². The van der Waals surface area contributed by atoms with Gasteiger partial charge in [0, 0.05) is 29.9 Å². The average molecular weight is 493 g/mol. The zero-order chi connectivity index (χ0) is 24.6. The first-order valence-electron chi connectivity index (χ1n) is 10.4. The van der Waals surface area contributed by atoms with E-state index in [-0.39, 0.29) is 22.5 Å². The van der Waals surface area contributed by atoms with Gasteiger partial charge in [0.1, 0.15) is 6.33 Å². The summed E-state index contributed by atoms with van der Waals surface area (Å²) in [5.74, 6) is -0.220. The van der Waals surface area contributed by atoms with E-state index < -0.39 is 23.7 Å². The van der Waals surface area contributed by atoms with Crippen LogP contribution in [-0.4, -0.2) is 49.6 Å². The lowest BCUT2D eigenvalue weighted by Gasteiger charge is -2.17. The lowest BCUT2D eigenvalue weighted by molar-refractivity contribution is -0.137. The number of alkyl halides is 3. The normalized spacial score (nSPS) is 14.5. The van der Waals surface area contributed by atoms with E-state index in [4.69, 9.17) is 11.6 Å². The molecule has 1 atom stereocenters. The van der Waals surface area contributed by atoms with Gasteiger partial charge in [-0.3, -0.25) is 9.59 Å². The molecular formula is C22H20ClF3N6O2. The predicted molar refractivity (Wildman–Crippen MR) is 117 cm³/mol. The number of hydrogen-bond acceptors (Lipinski definition) is 5. The van der Waals surface area contributed by atoms with Crippen LogP contribution in [0.3, 0.4) is 0 Å². The van der Waals surface area contributed by atoms with Gasteiger partial charge in [0.25, 0.3) is 11.8 Å². The zero-order valence-corrected chi connectivity index (χ0v) is 18.9. The fourth-order valence-electron chi connectivity index (χ4n) is 3.42. The lowest BCUT2D eigenvalue weighted by atomic mass is 10.1. The minimum Gasteiger partial charge on any atom is -0.342 e. The van der Waals surface area contributed by atoms with Gasteiger partial charge >= 0.3 is 6.18 Å². The Morgan fingerprint density at radius 2 is 1.91 bits per heavy atom. The van der Waals surface area contributed by atoms with E-state index >= 15 is 0 Å². The topological polar surface area (TPSA) is 93.0 Å². The highest BCUT2D eigenvalue weighted by Gasteiger charge is 2.32. The van der Waals surface area contributed by atoms with E-state index in [9.17, 15) is 22.8 Å². The van der Waals surface area contributed by atoms with Crippen LogP contribution in [-0.2, 0) is 6.18 Å². The summed E-state index contributed by atoms with van der Waals surface area (Å²) >= 11 is 5.77. The molecule has 0 radical (unpaired) electrons. The van der Waals surface area contributed by atoms with Gasteiger partial charge in [0.15, 0.2) is 11.6 Å².